The summed E-state index contributed by atoms with van der Waals surface area (Å²) in [5.74, 6) is -0.119. The van der Waals surface area contributed by atoms with Crippen molar-refractivity contribution in [2.24, 2.45) is 5.92 Å². The second-order valence-electron chi connectivity index (χ2n) is 6.41. The third kappa shape index (κ3) is 8.98. The first kappa shape index (κ1) is 20.8. The Morgan fingerprint density at radius 1 is 1.16 bits per heavy atom. The first-order chi connectivity index (χ1) is 11.9. The van der Waals surface area contributed by atoms with Gasteiger partial charge in [-0.1, -0.05) is 39.7 Å². The van der Waals surface area contributed by atoms with Crippen LogP contribution < -0.4 is 14.8 Å². The molecule has 0 aliphatic heterocycles. The van der Waals surface area contributed by atoms with E-state index in [1.165, 1.54) is 0 Å². The van der Waals surface area contributed by atoms with Gasteiger partial charge in [0.15, 0.2) is 6.61 Å². The van der Waals surface area contributed by atoms with Crippen molar-refractivity contribution in [1.29, 1.82) is 0 Å². The van der Waals surface area contributed by atoms with Gasteiger partial charge in [-0.15, -0.1) is 0 Å². The smallest absolute Gasteiger partial charge is 0.326 e. The fourth-order valence-corrected chi connectivity index (χ4v) is 2.27. The van der Waals surface area contributed by atoms with Crippen LogP contribution in [0, 0.1) is 5.92 Å². The van der Waals surface area contributed by atoms with E-state index in [4.69, 9.17) is 14.6 Å². The molecule has 0 heterocycles. The molecule has 1 amide bonds. The second kappa shape index (κ2) is 11.3. The first-order valence-electron chi connectivity index (χ1n) is 8.80. The maximum atomic E-state index is 11.9. The number of hydrogen-bond acceptors (Lipinski definition) is 4. The number of rotatable bonds is 12. The van der Waals surface area contributed by atoms with Gasteiger partial charge in [-0.25, -0.2) is 4.79 Å². The molecule has 6 heteroatoms. The molecule has 25 heavy (non-hydrogen) atoms. The second-order valence-corrected chi connectivity index (χ2v) is 6.41. The van der Waals surface area contributed by atoms with E-state index in [0.29, 0.717) is 24.5 Å². The van der Waals surface area contributed by atoms with Crippen LogP contribution in [0.4, 0.5) is 0 Å². The lowest BCUT2D eigenvalue weighted by atomic mass is 10.0. The molecule has 0 aliphatic rings. The molecule has 0 saturated heterocycles. The average molecular weight is 351 g/mol. The Labute approximate surface area is 149 Å². The van der Waals surface area contributed by atoms with E-state index in [-0.39, 0.29) is 12.5 Å². The molecule has 0 fully saturated rings. The summed E-state index contributed by atoms with van der Waals surface area (Å²) in [6.07, 6.45) is 3.63. The van der Waals surface area contributed by atoms with E-state index in [2.05, 4.69) is 12.2 Å². The third-order valence-electron chi connectivity index (χ3n) is 3.53. The number of hydrogen-bond donors (Lipinski definition) is 2. The van der Waals surface area contributed by atoms with Gasteiger partial charge in [0, 0.05) is 6.07 Å². The van der Waals surface area contributed by atoms with E-state index in [9.17, 15) is 9.59 Å². The number of carbonyl (C=O) groups is 2. The number of carboxylic acids is 1. The summed E-state index contributed by atoms with van der Waals surface area (Å²) in [5, 5.41) is 11.6. The summed E-state index contributed by atoms with van der Waals surface area (Å²) >= 11 is 0. The minimum absolute atomic E-state index is 0.170. The number of ether oxygens (including phenoxy) is 2. The summed E-state index contributed by atoms with van der Waals surface area (Å²) in [7, 11) is 0. The van der Waals surface area contributed by atoms with Gasteiger partial charge in [-0.3, -0.25) is 4.79 Å². The van der Waals surface area contributed by atoms with Gasteiger partial charge in [0.05, 0.1) is 6.61 Å². The number of benzene rings is 1. The quantitative estimate of drug-likeness (QED) is 0.565. The Hall–Kier alpha value is -2.24. The molecule has 0 saturated carbocycles. The molecule has 1 aromatic carbocycles. The molecule has 1 aromatic rings. The van der Waals surface area contributed by atoms with Crippen molar-refractivity contribution in [3.8, 4) is 11.5 Å². The van der Waals surface area contributed by atoms with Crippen LogP contribution in [0.3, 0.4) is 0 Å². The lowest BCUT2D eigenvalue weighted by Gasteiger charge is -2.16. The Balaban J connectivity index is 2.45. The summed E-state index contributed by atoms with van der Waals surface area (Å²) in [6.45, 7) is 6.36. The molecule has 2 N–H and O–H groups in total. The van der Waals surface area contributed by atoms with Crippen molar-refractivity contribution < 1.29 is 24.2 Å². The van der Waals surface area contributed by atoms with Gasteiger partial charge in [0.1, 0.15) is 17.5 Å². The van der Waals surface area contributed by atoms with Gasteiger partial charge < -0.3 is 19.9 Å². The van der Waals surface area contributed by atoms with E-state index >= 15 is 0 Å². The third-order valence-corrected chi connectivity index (χ3v) is 3.53. The van der Waals surface area contributed by atoms with Crippen LogP contribution in [0.5, 0.6) is 11.5 Å². The van der Waals surface area contributed by atoms with Crippen molar-refractivity contribution in [1.82, 2.24) is 5.32 Å². The van der Waals surface area contributed by atoms with Crippen molar-refractivity contribution >= 4 is 11.9 Å². The Morgan fingerprint density at radius 2 is 1.84 bits per heavy atom. The number of carbonyl (C=O) groups excluding carboxylic acids is 1. The maximum absolute atomic E-state index is 11.9. The van der Waals surface area contributed by atoms with Crippen molar-refractivity contribution in [3.05, 3.63) is 24.3 Å². The highest BCUT2D eigenvalue weighted by Crippen LogP contribution is 2.19. The average Bonchev–Trinajstić information content (AvgIpc) is 2.56. The monoisotopic (exact) mass is 351 g/mol. The highest BCUT2D eigenvalue weighted by Gasteiger charge is 2.21. The van der Waals surface area contributed by atoms with Crippen LogP contribution in [-0.4, -0.2) is 36.2 Å². The van der Waals surface area contributed by atoms with Crippen molar-refractivity contribution in [3.63, 3.8) is 0 Å². The first-order valence-corrected chi connectivity index (χ1v) is 8.80. The summed E-state index contributed by atoms with van der Waals surface area (Å²) in [6, 6.07) is 6.18. The Bertz CT molecular complexity index is 544. The van der Waals surface area contributed by atoms with Crippen LogP contribution in [0.25, 0.3) is 0 Å². The zero-order chi connectivity index (χ0) is 18.7. The van der Waals surface area contributed by atoms with Crippen LogP contribution in [0.2, 0.25) is 0 Å². The van der Waals surface area contributed by atoms with E-state index < -0.39 is 17.9 Å². The highest BCUT2D eigenvalue weighted by molar-refractivity contribution is 5.84. The van der Waals surface area contributed by atoms with Gasteiger partial charge in [-0.05, 0) is 30.9 Å². The summed E-state index contributed by atoms with van der Waals surface area (Å²) in [4.78, 5) is 23.1. The topological polar surface area (TPSA) is 84.9 Å². The summed E-state index contributed by atoms with van der Waals surface area (Å²) in [5.41, 5.74) is 0. The lowest BCUT2D eigenvalue weighted by molar-refractivity contribution is -0.142. The van der Waals surface area contributed by atoms with Crippen molar-refractivity contribution in [2.45, 2.75) is 52.5 Å². The van der Waals surface area contributed by atoms with E-state index in [1.807, 2.05) is 19.9 Å². The molecule has 140 valence electrons. The van der Waals surface area contributed by atoms with Crippen LogP contribution in [-0.2, 0) is 9.59 Å². The molecule has 0 spiro atoms. The predicted molar refractivity (Wildman–Crippen MR) is 96.0 cm³/mol. The minimum Gasteiger partial charge on any atom is -0.493 e. The SMILES string of the molecule is CCCCCOc1cccc(OCC(=O)NC(CC(C)C)C(=O)O)c1. The van der Waals surface area contributed by atoms with E-state index in [0.717, 1.165) is 19.3 Å². The molecule has 1 unspecified atom stereocenters. The maximum Gasteiger partial charge on any atom is 0.326 e. The number of aliphatic carboxylic acids is 1. The van der Waals surface area contributed by atoms with Gasteiger partial charge >= 0.3 is 5.97 Å². The highest BCUT2D eigenvalue weighted by atomic mass is 16.5. The largest absolute Gasteiger partial charge is 0.493 e. The molecular weight excluding hydrogens is 322 g/mol. The predicted octanol–water partition coefficient (Wildman–Crippen LogP) is 3.25. The molecule has 0 aliphatic carbocycles. The standard InChI is InChI=1S/C19H29NO5/c1-4-5-6-10-24-15-8-7-9-16(12-15)25-13-18(21)20-17(19(22)23)11-14(2)3/h7-9,12,14,17H,4-6,10-11,13H2,1-3H3,(H,20,21)(H,22,23). The number of carboxylic acid groups (broad SMARTS) is 1. The number of amides is 1. The lowest BCUT2D eigenvalue weighted by Crippen LogP contribution is -2.43. The molecule has 6 nitrogen and oxygen atoms in total. The zero-order valence-corrected chi connectivity index (χ0v) is 15.3. The Morgan fingerprint density at radius 3 is 2.44 bits per heavy atom. The molecular formula is C19H29NO5. The molecule has 0 bridgehead atoms. The molecule has 0 aromatic heterocycles. The fraction of sp³-hybridized carbons (Fsp3) is 0.579. The molecule has 1 atom stereocenters. The summed E-state index contributed by atoms with van der Waals surface area (Å²) < 4.78 is 11.1. The zero-order valence-electron chi connectivity index (χ0n) is 15.3. The molecule has 0 radical (unpaired) electrons. The van der Waals surface area contributed by atoms with E-state index in [1.54, 1.807) is 18.2 Å². The molecule has 1 rings (SSSR count). The normalized spacial score (nSPS) is 11.8. The number of unbranched alkanes of at least 4 members (excludes halogenated alkanes) is 2. The minimum atomic E-state index is -1.04. The van der Waals surface area contributed by atoms with Crippen LogP contribution in [0.15, 0.2) is 24.3 Å². The Kier molecular flexibility index (Phi) is 9.43. The van der Waals surface area contributed by atoms with Gasteiger partial charge in [0.25, 0.3) is 5.91 Å². The fourth-order valence-electron chi connectivity index (χ4n) is 2.27. The number of nitrogens with one attached hydrogen (secondary N) is 1. The van der Waals surface area contributed by atoms with Gasteiger partial charge in [-0.2, -0.15) is 0 Å². The van der Waals surface area contributed by atoms with Crippen LogP contribution in [0.1, 0.15) is 46.5 Å². The van der Waals surface area contributed by atoms with Gasteiger partial charge in [0.2, 0.25) is 0 Å². The van der Waals surface area contributed by atoms with Crippen LogP contribution >= 0.6 is 0 Å². The van der Waals surface area contributed by atoms with Crippen molar-refractivity contribution in [2.75, 3.05) is 13.2 Å².